The van der Waals surface area contributed by atoms with Gasteiger partial charge in [-0.15, -0.1) is 18.5 Å². The standard InChI is InChI=1S/2C2H7P.C2H6.3CH4.2Ga.4H/c2*1-2-3;1-2;;;;;;;;;/h2*2-3H2,1H3;1-2H3;3*1H4;;;;;;. The van der Waals surface area contributed by atoms with Gasteiger partial charge in [0.05, 0.1) is 0 Å². The van der Waals surface area contributed by atoms with E-state index in [2.05, 4.69) is 32.3 Å². The van der Waals surface area contributed by atoms with Gasteiger partial charge in [-0.2, -0.15) is 0 Å². The zero-order chi connectivity index (χ0) is 7.41. The van der Waals surface area contributed by atoms with Crippen LogP contribution in [0.4, 0.5) is 0 Å². The van der Waals surface area contributed by atoms with Crippen molar-refractivity contribution in [3.8, 4) is 0 Å². The Labute approximate surface area is 120 Å². The molecule has 0 fully saturated rings. The molecule has 0 aromatic carbocycles. The second-order valence-electron chi connectivity index (χ2n) is 0.816. The maximum absolute atomic E-state index is 2.58. The summed E-state index contributed by atoms with van der Waals surface area (Å²) in [5.41, 5.74) is 0. The SMILES string of the molecule is C.C.C.CC.CCP.CCP.[GaH2].[GaH2]. The van der Waals surface area contributed by atoms with Gasteiger partial charge in [-0.05, 0) is 12.3 Å². The molecule has 0 rings (SSSR count). The molecular weight excluding hydrogens is 309 g/mol. The molecule has 0 aromatic heterocycles. The van der Waals surface area contributed by atoms with E-state index in [1.54, 1.807) is 0 Å². The van der Waals surface area contributed by atoms with Gasteiger partial charge in [0.25, 0.3) is 0 Å². The van der Waals surface area contributed by atoms with Crippen molar-refractivity contribution in [1.82, 2.24) is 0 Å². The topological polar surface area (TPSA) is 0 Å². The number of hydrogen-bond donors (Lipinski definition) is 0. The molecule has 2 atom stereocenters. The Kier molecular flexibility index (Phi) is 652. The van der Waals surface area contributed by atoms with Gasteiger partial charge in [0.2, 0.25) is 0 Å². The molecule has 0 saturated heterocycles. The molecule has 0 aliphatic carbocycles. The molecule has 0 amide bonds. The van der Waals surface area contributed by atoms with Crippen molar-refractivity contribution in [3.05, 3.63) is 0 Å². The van der Waals surface area contributed by atoms with Crippen LogP contribution in [-0.2, 0) is 0 Å². The van der Waals surface area contributed by atoms with Crippen molar-refractivity contribution >= 4 is 58.1 Å². The van der Waals surface area contributed by atoms with Crippen LogP contribution in [0.15, 0.2) is 0 Å². The predicted molar refractivity (Wildman–Crippen MR) is 89.1 cm³/mol. The molecule has 4 heteroatoms. The fraction of sp³-hybridized carbons (Fsp3) is 1.00. The second-order valence-corrected chi connectivity index (χ2v) is 2.45. The van der Waals surface area contributed by atoms with E-state index in [9.17, 15) is 0 Å². The Morgan fingerprint density at radius 3 is 0.692 bits per heavy atom. The molecule has 88 valence electrons. The van der Waals surface area contributed by atoms with Crippen LogP contribution in [0.2, 0.25) is 0 Å². The molecule has 0 bridgehead atoms. The fourth-order valence-corrected chi connectivity index (χ4v) is 0. The van der Waals surface area contributed by atoms with E-state index < -0.39 is 0 Å². The summed E-state index contributed by atoms with van der Waals surface area (Å²) in [5, 5.41) is 0. The monoisotopic (exact) mass is 344 g/mol. The zero-order valence-corrected chi connectivity index (χ0v) is 19.3. The molecule has 0 spiro atoms. The van der Waals surface area contributed by atoms with Crippen LogP contribution in [0.3, 0.4) is 0 Å². The first-order valence-corrected chi connectivity index (χ1v) is 4.86. The molecule has 0 aliphatic heterocycles. The molecule has 0 N–H and O–H groups in total. The second kappa shape index (κ2) is 143. The summed E-state index contributed by atoms with van der Waals surface area (Å²) in [6.07, 6.45) is 2.33. The normalized spacial score (nSPS) is 3.23. The van der Waals surface area contributed by atoms with E-state index in [4.69, 9.17) is 0 Å². The Hall–Kier alpha value is 2.13. The van der Waals surface area contributed by atoms with E-state index in [-0.39, 0.29) is 61.9 Å². The molecule has 0 nitrogen and oxygen atoms in total. The average Bonchev–Trinajstić information content (AvgIpc) is 1.75. The van der Waals surface area contributed by atoms with Gasteiger partial charge in [-0.3, -0.25) is 0 Å². The van der Waals surface area contributed by atoms with E-state index in [0.29, 0.717) is 0 Å². The molecule has 2 unspecified atom stereocenters. The van der Waals surface area contributed by atoms with Crippen LogP contribution in [0.25, 0.3) is 0 Å². The first kappa shape index (κ1) is 59.4. The van der Waals surface area contributed by atoms with Crippen molar-refractivity contribution in [2.75, 3.05) is 12.3 Å². The third-order valence-electron chi connectivity index (χ3n) is 0. The van der Waals surface area contributed by atoms with Gasteiger partial charge in [-0.1, -0.05) is 50.0 Å². The maximum atomic E-state index is 2.58. The van der Waals surface area contributed by atoms with Crippen molar-refractivity contribution in [1.29, 1.82) is 0 Å². The summed E-state index contributed by atoms with van der Waals surface area (Å²) in [7, 11) is 5.16. The summed E-state index contributed by atoms with van der Waals surface area (Å²) in [5.74, 6) is 0. The van der Waals surface area contributed by atoms with Crippen molar-refractivity contribution in [2.45, 2.75) is 50.0 Å². The van der Waals surface area contributed by atoms with E-state index >= 15 is 0 Å². The van der Waals surface area contributed by atoms with Gasteiger partial charge >= 0.3 is 39.6 Å². The average molecular weight is 346 g/mol. The van der Waals surface area contributed by atoms with Crippen LogP contribution in [-0.4, -0.2) is 51.9 Å². The quantitative estimate of drug-likeness (QED) is 0.468. The van der Waals surface area contributed by atoms with Gasteiger partial charge in [-0.25, -0.2) is 0 Å². The first-order chi connectivity index (χ1) is 3.83. The minimum atomic E-state index is 0. The van der Waals surface area contributed by atoms with Gasteiger partial charge in [0.15, 0.2) is 0 Å². The van der Waals surface area contributed by atoms with Gasteiger partial charge in [0, 0.05) is 0 Å². The molecule has 2 radical (unpaired) electrons. The zero-order valence-electron chi connectivity index (χ0n) is 8.57. The van der Waals surface area contributed by atoms with Crippen molar-refractivity contribution < 1.29 is 0 Å². The van der Waals surface area contributed by atoms with E-state index in [0.717, 1.165) is 0 Å². The van der Waals surface area contributed by atoms with E-state index in [1.165, 1.54) is 12.3 Å². The van der Waals surface area contributed by atoms with Crippen LogP contribution in [0.1, 0.15) is 50.0 Å². The number of hydrogen-bond acceptors (Lipinski definition) is 0. The molecule has 0 aromatic rings. The summed E-state index contributed by atoms with van der Waals surface area (Å²) < 4.78 is 0. The Balaban J connectivity index is -0.00000000409. The first-order valence-electron chi connectivity index (χ1n) is 3.23. The Bertz CT molecular complexity index is 17.6. The summed E-state index contributed by atoms with van der Waals surface area (Å²) >= 11 is 0. The third kappa shape index (κ3) is 457. The van der Waals surface area contributed by atoms with Gasteiger partial charge in [0.1, 0.15) is 0 Å². The molecule has 0 heterocycles. The molecule has 0 saturated carbocycles. The van der Waals surface area contributed by atoms with Crippen molar-refractivity contribution in [2.24, 2.45) is 0 Å². The van der Waals surface area contributed by atoms with Crippen molar-refractivity contribution in [3.63, 3.8) is 0 Å². The third-order valence-corrected chi connectivity index (χ3v) is 0. The number of rotatable bonds is 0. The summed E-state index contributed by atoms with van der Waals surface area (Å²) in [4.78, 5) is 0. The van der Waals surface area contributed by atoms with E-state index in [1.807, 2.05) is 13.8 Å². The van der Waals surface area contributed by atoms with Crippen LogP contribution in [0.5, 0.6) is 0 Å². The van der Waals surface area contributed by atoms with Crippen LogP contribution >= 0.6 is 18.5 Å². The Morgan fingerprint density at radius 1 is 0.692 bits per heavy atom. The molecule has 0 aliphatic rings. The van der Waals surface area contributed by atoms with Crippen LogP contribution in [0, 0.1) is 0 Å². The fourth-order valence-electron chi connectivity index (χ4n) is 0. The predicted octanol–water partition coefficient (Wildman–Crippen LogP) is 2.86. The summed E-state index contributed by atoms with van der Waals surface area (Å²) in [6.45, 7) is 8.18. The van der Waals surface area contributed by atoms with Gasteiger partial charge < -0.3 is 0 Å². The van der Waals surface area contributed by atoms with Crippen LogP contribution < -0.4 is 0 Å². The summed E-state index contributed by atoms with van der Waals surface area (Å²) in [6, 6.07) is 0. The molecule has 13 heavy (non-hydrogen) atoms. The Morgan fingerprint density at radius 2 is 0.692 bits per heavy atom. The molecular formula is C9H36Ga2P2. The minimum absolute atomic E-state index is 0.